The zero-order chi connectivity index (χ0) is 16.8. The third kappa shape index (κ3) is 3.90. The second kappa shape index (κ2) is 7.59. The second-order valence-corrected chi connectivity index (χ2v) is 5.62. The summed E-state index contributed by atoms with van der Waals surface area (Å²) in [6.45, 7) is 0. The largest absolute Gasteiger partial charge is 0.426 e. The first-order valence-electron chi connectivity index (χ1n) is 7.92. The first kappa shape index (κ1) is 16.0. The zero-order valence-corrected chi connectivity index (χ0v) is 13.1. The average Bonchev–Trinajstić information content (AvgIpc) is 2.63. The number of allylic oxidation sites excluding steroid dienone is 2. The van der Waals surface area contributed by atoms with Crippen molar-refractivity contribution in [3.8, 4) is 11.5 Å². The number of esters is 2. The van der Waals surface area contributed by atoms with Crippen molar-refractivity contribution in [3.63, 3.8) is 0 Å². The summed E-state index contributed by atoms with van der Waals surface area (Å²) in [7, 11) is 0. The van der Waals surface area contributed by atoms with Crippen LogP contribution in [-0.2, 0) is 9.59 Å². The van der Waals surface area contributed by atoms with Gasteiger partial charge in [0.1, 0.15) is 11.5 Å². The second-order valence-electron chi connectivity index (χ2n) is 5.62. The molecule has 1 aliphatic carbocycles. The van der Waals surface area contributed by atoms with E-state index in [9.17, 15) is 9.59 Å². The molecule has 0 N–H and O–H groups in total. The summed E-state index contributed by atoms with van der Waals surface area (Å²) in [5.41, 5.74) is 0. The number of hydrogen-bond acceptors (Lipinski definition) is 4. The van der Waals surface area contributed by atoms with Crippen molar-refractivity contribution in [3.05, 3.63) is 72.8 Å². The minimum atomic E-state index is -0.536. The van der Waals surface area contributed by atoms with E-state index in [-0.39, 0.29) is 0 Å². The van der Waals surface area contributed by atoms with Crippen molar-refractivity contribution in [1.82, 2.24) is 0 Å². The Balaban J connectivity index is 1.70. The zero-order valence-electron chi connectivity index (χ0n) is 13.1. The van der Waals surface area contributed by atoms with Crippen LogP contribution >= 0.6 is 0 Å². The van der Waals surface area contributed by atoms with Gasteiger partial charge in [-0.2, -0.15) is 0 Å². The van der Waals surface area contributed by atoms with E-state index in [1.165, 1.54) is 0 Å². The Bertz CT molecular complexity index is 658. The molecule has 0 radical (unpaired) electrons. The van der Waals surface area contributed by atoms with Crippen LogP contribution in [0.15, 0.2) is 72.8 Å². The van der Waals surface area contributed by atoms with Crippen LogP contribution in [0.5, 0.6) is 11.5 Å². The molecule has 0 amide bonds. The van der Waals surface area contributed by atoms with Crippen molar-refractivity contribution >= 4 is 11.9 Å². The van der Waals surface area contributed by atoms with Crippen molar-refractivity contribution in [2.45, 2.75) is 12.8 Å². The maximum atomic E-state index is 12.5. The third-order valence-corrected chi connectivity index (χ3v) is 3.96. The van der Waals surface area contributed by atoms with Crippen molar-refractivity contribution in [2.24, 2.45) is 11.8 Å². The number of carbonyl (C=O) groups excluding carboxylic acids is 2. The molecule has 4 heteroatoms. The predicted molar refractivity (Wildman–Crippen MR) is 89.5 cm³/mol. The van der Waals surface area contributed by atoms with Gasteiger partial charge in [-0.3, -0.25) is 9.59 Å². The highest BCUT2D eigenvalue weighted by molar-refractivity contribution is 5.85. The lowest BCUT2D eigenvalue weighted by molar-refractivity contribution is -0.150. The van der Waals surface area contributed by atoms with E-state index in [1.807, 2.05) is 24.3 Å². The maximum absolute atomic E-state index is 12.5. The molecule has 3 rings (SSSR count). The standard InChI is InChI=1S/C20H18O4/c21-19(23-15-9-3-1-4-10-15)17-13-7-8-14-18(17)20(22)24-16-11-5-2-6-12-16/h1-12,17-18H,13-14H2/t17-,18-/m1/s1. The van der Waals surface area contributed by atoms with Gasteiger partial charge in [0.05, 0.1) is 11.8 Å². The normalized spacial score (nSPS) is 19.5. The summed E-state index contributed by atoms with van der Waals surface area (Å²) in [5, 5.41) is 0. The summed E-state index contributed by atoms with van der Waals surface area (Å²) < 4.78 is 10.8. The minimum absolute atomic E-state index is 0.402. The third-order valence-electron chi connectivity index (χ3n) is 3.96. The molecule has 0 saturated carbocycles. The van der Waals surface area contributed by atoms with E-state index in [0.717, 1.165) is 0 Å². The molecule has 122 valence electrons. The number of para-hydroxylation sites is 2. The van der Waals surface area contributed by atoms with Crippen molar-refractivity contribution in [1.29, 1.82) is 0 Å². The molecule has 0 saturated heterocycles. The van der Waals surface area contributed by atoms with Crippen molar-refractivity contribution < 1.29 is 19.1 Å². The lowest BCUT2D eigenvalue weighted by atomic mass is 9.83. The molecular weight excluding hydrogens is 304 g/mol. The molecule has 1 aliphatic rings. The van der Waals surface area contributed by atoms with Crippen LogP contribution in [0, 0.1) is 11.8 Å². The molecule has 0 aromatic heterocycles. The molecule has 0 unspecified atom stereocenters. The topological polar surface area (TPSA) is 52.6 Å². The van der Waals surface area contributed by atoms with Gasteiger partial charge in [0.25, 0.3) is 0 Å². The average molecular weight is 322 g/mol. The lowest BCUT2D eigenvalue weighted by Crippen LogP contribution is -2.36. The highest BCUT2D eigenvalue weighted by Crippen LogP contribution is 2.29. The Hall–Kier alpha value is -2.88. The molecule has 0 aliphatic heterocycles. The monoisotopic (exact) mass is 322 g/mol. The fraction of sp³-hybridized carbons (Fsp3) is 0.200. The van der Waals surface area contributed by atoms with Crippen LogP contribution < -0.4 is 9.47 Å². The highest BCUT2D eigenvalue weighted by atomic mass is 16.5. The van der Waals surface area contributed by atoms with Gasteiger partial charge in [0.15, 0.2) is 0 Å². The summed E-state index contributed by atoms with van der Waals surface area (Å²) >= 11 is 0. The number of benzene rings is 2. The van der Waals surface area contributed by atoms with E-state index < -0.39 is 23.8 Å². The Morgan fingerprint density at radius 1 is 0.667 bits per heavy atom. The van der Waals surface area contributed by atoms with E-state index in [4.69, 9.17) is 9.47 Å². The van der Waals surface area contributed by atoms with E-state index in [2.05, 4.69) is 0 Å². The quantitative estimate of drug-likeness (QED) is 0.488. The number of hydrogen-bond donors (Lipinski definition) is 0. The number of rotatable bonds is 4. The van der Waals surface area contributed by atoms with Crippen molar-refractivity contribution in [2.75, 3.05) is 0 Å². The molecule has 0 fully saturated rings. The van der Waals surface area contributed by atoms with Gasteiger partial charge in [-0.05, 0) is 37.1 Å². The summed E-state index contributed by atoms with van der Waals surface area (Å²) in [5.74, 6) is -0.918. The Labute approximate surface area is 140 Å². The number of ether oxygens (including phenoxy) is 2. The molecule has 24 heavy (non-hydrogen) atoms. The van der Waals surface area contributed by atoms with E-state index in [1.54, 1.807) is 48.5 Å². The van der Waals surface area contributed by atoms with Crippen LogP contribution in [0.25, 0.3) is 0 Å². The summed E-state index contributed by atoms with van der Waals surface area (Å²) in [4.78, 5) is 24.9. The van der Waals surface area contributed by atoms with E-state index in [0.29, 0.717) is 24.3 Å². The molecular formula is C20H18O4. The van der Waals surface area contributed by atoms with Gasteiger partial charge in [-0.25, -0.2) is 0 Å². The SMILES string of the molecule is O=C(Oc1ccccc1)[C@@H]1CC=CC[C@H]1C(=O)Oc1ccccc1. The minimum Gasteiger partial charge on any atom is -0.426 e. The van der Waals surface area contributed by atoms with Crippen LogP contribution in [0.1, 0.15) is 12.8 Å². The molecule has 0 spiro atoms. The Kier molecular flexibility index (Phi) is 5.06. The smallest absolute Gasteiger partial charge is 0.315 e. The summed E-state index contributed by atoms with van der Waals surface area (Å²) in [6, 6.07) is 17.7. The molecule has 2 aromatic carbocycles. The van der Waals surface area contributed by atoms with Gasteiger partial charge in [0, 0.05) is 0 Å². The van der Waals surface area contributed by atoms with Crippen LogP contribution in [0.3, 0.4) is 0 Å². The Morgan fingerprint density at radius 2 is 1.04 bits per heavy atom. The fourth-order valence-electron chi connectivity index (χ4n) is 2.70. The van der Waals surface area contributed by atoms with Gasteiger partial charge >= 0.3 is 11.9 Å². The van der Waals surface area contributed by atoms with Gasteiger partial charge in [-0.1, -0.05) is 48.6 Å². The predicted octanol–water partition coefficient (Wildman–Crippen LogP) is 3.78. The number of carbonyl (C=O) groups is 2. The van der Waals surface area contributed by atoms with Gasteiger partial charge < -0.3 is 9.47 Å². The summed E-state index contributed by atoms with van der Waals surface area (Å²) in [6.07, 6.45) is 4.76. The van der Waals surface area contributed by atoms with Crippen LogP contribution in [0.2, 0.25) is 0 Å². The Morgan fingerprint density at radius 3 is 1.42 bits per heavy atom. The highest BCUT2D eigenvalue weighted by Gasteiger charge is 2.36. The van der Waals surface area contributed by atoms with Crippen LogP contribution in [0.4, 0.5) is 0 Å². The molecule has 4 nitrogen and oxygen atoms in total. The lowest BCUT2D eigenvalue weighted by Gasteiger charge is -2.25. The van der Waals surface area contributed by atoms with Gasteiger partial charge in [-0.15, -0.1) is 0 Å². The van der Waals surface area contributed by atoms with Crippen LogP contribution in [-0.4, -0.2) is 11.9 Å². The molecule has 0 bridgehead atoms. The van der Waals surface area contributed by atoms with E-state index >= 15 is 0 Å². The first-order chi connectivity index (χ1) is 11.7. The fourth-order valence-corrected chi connectivity index (χ4v) is 2.70. The maximum Gasteiger partial charge on any atom is 0.315 e. The molecule has 2 atom stereocenters. The van der Waals surface area contributed by atoms with Gasteiger partial charge in [0.2, 0.25) is 0 Å². The first-order valence-corrected chi connectivity index (χ1v) is 7.92. The molecule has 0 heterocycles. The molecule has 2 aromatic rings.